The van der Waals surface area contributed by atoms with Gasteiger partial charge in [0.2, 0.25) is 0 Å². The van der Waals surface area contributed by atoms with Crippen molar-refractivity contribution in [2.75, 3.05) is 0 Å². The van der Waals surface area contributed by atoms with E-state index in [1.54, 1.807) is 5.41 Å². The van der Waals surface area contributed by atoms with E-state index in [-0.39, 0.29) is 0 Å². The Kier molecular flexibility index (Phi) is 1.69. The molecule has 0 radical (unpaired) electrons. The molecule has 0 aromatic heterocycles. The van der Waals surface area contributed by atoms with Crippen molar-refractivity contribution in [3.8, 4) is 0 Å². The lowest BCUT2D eigenvalue weighted by molar-refractivity contribution is 0.222. The van der Waals surface area contributed by atoms with E-state index in [0.717, 1.165) is 0 Å². The quantitative estimate of drug-likeness (QED) is 0.532. The third-order valence-electron chi connectivity index (χ3n) is 0.514. The van der Waals surface area contributed by atoms with E-state index in [4.69, 9.17) is 5.11 Å². The first kappa shape index (κ1) is 5.84. The highest BCUT2D eigenvalue weighted by Crippen LogP contribution is 2.19. The minimum atomic E-state index is -0.847. The molecule has 1 heterocycles. The van der Waals surface area contributed by atoms with Crippen LogP contribution in [0.3, 0.4) is 0 Å². The van der Waals surface area contributed by atoms with Crippen molar-refractivity contribution in [1.82, 2.24) is 0 Å². The lowest BCUT2D eigenvalue weighted by Crippen LogP contribution is -1.93. The minimum absolute atomic E-state index is 0.832. The summed E-state index contributed by atoms with van der Waals surface area (Å²) in [7, 11) is 0.400. The lowest BCUT2D eigenvalue weighted by atomic mass is 11.1. The number of carboxylic acid groups (broad SMARTS) is 1. The van der Waals surface area contributed by atoms with Crippen LogP contribution in [0.1, 0.15) is 0 Å². The Labute approximate surface area is 52.3 Å². The van der Waals surface area contributed by atoms with Crippen LogP contribution in [-0.4, -0.2) is 10.4 Å². The van der Waals surface area contributed by atoms with Crippen LogP contribution in [0.5, 0.6) is 0 Å². The van der Waals surface area contributed by atoms with Crippen LogP contribution in [-0.2, 0) is 9.72 Å². The van der Waals surface area contributed by atoms with Crippen LogP contribution in [0.15, 0.2) is 16.0 Å². The molecule has 3 nitrogen and oxygen atoms in total. The Morgan fingerprint density at radius 1 is 1.88 bits per heavy atom. The molecule has 1 N–H and O–H groups in total. The third kappa shape index (κ3) is 1.10. The van der Waals surface area contributed by atoms with Gasteiger partial charge < -0.3 is 5.11 Å². The summed E-state index contributed by atoms with van der Waals surface area (Å²) in [6.45, 7) is 0. The summed E-state index contributed by atoms with van der Waals surface area (Å²) in [6.07, 6.45) is 1.52. The molecule has 0 saturated carbocycles. The van der Waals surface area contributed by atoms with Crippen molar-refractivity contribution in [3.05, 3.63) is 11.6 Å². The lowest BCUT2D eigenvalue weighted by Gasteiger charge is -1.85. The van der Waals surface area contributed by atoms with Crippen molar-refractivity contribution in [2.45, 2.75) is 0 Å². The second-order valence-electron chi connectivity index (χ2n) is 1.00. The van der Waals surface area contributed by atoms with Gasteiger partial charge >= 0.3 is 5.30 Å². The normalized spacial score (nSPS) is 25.2. The molecule has 0 aromatic rings. The molecular weight excluding hydrogens is 146 g/mol. The zero-order chi connectivity index (χ0) is 5.98. The SMILES string of the molecule is O=C(O)S1=NC=CS1. The zero-order valence-corrected chi connectivity index (χ0v) is 5.41. The van der Waals surface area contributed by atoms with Gasteiger partial charge in [-0.2, -0.15) is 0 Å². The van der Waals surface area contributed by atoms with E-state index < -0.39 is 15.0 Å². The second-order valence-corrected chi connectivity index (χ2v) is 4.05. The maximum absolute atomic E-state index is 10.1. The minimum Gasteiger partial charge on any atom is -0.472 e. The van der Waals surface area contributed by atoms with Crippen molar-refractivity contribution in [3.63, 3.8) is 0 Å². The van der Waals surface area contributed by atoms with Crippen molar-refractivity contribution in [1.29, 1.82) is 0 Å². The monoisotopic (exact) mass is 149 g/mol. The van der Waals surface area contributed by atoms with Gasteiger partial charge in [0.15, 0.2) is 0 Å². The molecule has 0 amide bonds. The highest BCUT2D eigenvalue weighted by atomic mass is 33.1. The Morgan fingerprint density at radius 2 is 2.62 bits per heavy atom. The van der Waals surface area contributed by atoms with Gasteiger partial charge in [-0.25, -0.2) is 9.16 Å². The van der Waals surface area contributed by atoms with Gasteiger partial charge in [-0.1, -0.05) is 0 Å². The smallest absolute Gasteiger partial charge is 0.386 e. The molecule has 0 bridgehead atoms. The summed E-state index contributed by atoms with van der Waals surface area (Å²) in [5.74, 6) is 0. The number of nitrogens with zero attached hydrogens (tertiary/aromatic N) is 1. The molecule has 8 heavy (non-hydrogen) atoms. The largest absolute Gasteiger partial charge is 0.472 e. The summed E-state index contributed by atoms with van der Waals surface area (Å²) in [6, 6.07) is 0. The fourth-order valence-electron chi connectivity index (χ4n) is 0.269. The molecule has 1 aliphatic heterocycles. The number of carbonyl (C=O) groups is 1. The topological polar surface area (TPSA) is 49.7 Å². The number of hydrogen-bond donors (Lipinski definition) is 1. The molecular formula is C3H3NO2S2. The Hall–Kier alpha value is -0.290. The van der Waals surface area contributed by atoms with E-state index in [9.17, 15) is 4.79 Å². The van der Waals surface area contributed by atoms with Gasteiger partial charge in [-0.15, -0.1) is 0 Å². The van der Waals surface area contributed by atoms with Crippen molar-refractivity contribution in [2.24, 2.45) is 4.36 Å². The van der Waals surface area contributed by atoms with Gasteiger partial charge in [0.25, 0.3) is 0 Å². The number of rotatable bonds is 0. The molecule has 0 fully saturated rings. The first-order valence-corrected chi connectivity index (χ1v) is 4.39. The van der Waals surface area contributed by atoms with Gasteiger partial charge in [0.1, 0.15) is 0 Å². The maximum atomic E-state index is 10.1. The average Bonchev–Trinajstić information content (AvgIpc) is 2.12. The van der Waals surface area contributed by atoms with Gasteiger partial charge in [0, 0.05) is 11.6 Å². The van der Waals surface area contributed by atoms with Crippen LogP contribution in [0.4, 0.5) is 4.79 Å². The van der Waals surface area contributed by atoms with Crippen LogP contribution in [0.25, 0.3) is 0 Å². The fraction of sp³-hybridized carbons (Fsp3) is 0. The van der Waals surface area contributed by atoms with E-state index in [2.05, 4.69) is 4.36 Å². The van der Waals surface area contributed by atoms with E-state index in [1.807, 2.05) is 0 Å². The standard InChI is InChI=1S/C3H3NO2S2/c5-3(6)8-4-1-2-7-8/h1-2H,(H,5,6). The van der Waals surface area contributed by atoms with Crippen LogP contribution >= 0.6 is 10.8 Å². The van der Waals surface area contributed by atoms with Crippen LogP contribution in [0.2, 0.25) is 0 Å². The molecule has 5 heteroatoms. The summed E-state index contributed by atoms with van der Waals surface area (Å²) >= 11 is 0. The Bertz CT molecular complexity index is 174. The van der Waals surface area contributed by atoms with Gasteiger partial charge in [-0.3, -0.25) is 0 Å². The molecule has 1 unspecified atom stereocenters. The first-order valence-electron chi connectivity index (χ1n) is 1.81. The molecule has 0 aliphatic carbocycles. The van der Waals surface area contributed by atoms with E-state index >= 15 is 0 Å². The van der Waals surface area contributed by atoms with Crippen molar-refractivity contribution < 1.29 is 9.90 Å². The van der Waals surface area contributed by atoms with Crippen LogP contribution in [0, 0.1) is 0 Å². The molecule has 0 aromatic carbocycles. The molecule has 44 valence electrons. The van der Waals surface area contributed by atoms with Crippen molar-refractivity contribution >= 4 is 25.8 Å². The molecule has 0 spiro atoms. The molecule has 1 atom stereocenters. The predicted molar refractivity (Wildman–Crippen MR) is 34.5 cm³/mol. The van der Waals surface area contributed by atoms with Gasteiger partial charge in [0.05, 0.1) is 9.72 Å². The summed E-state index contributed by atoms with van der Waals surface area (Å²) < 4.78 is 3.65. The number of hydrogen-bond acceptors (Lipinski definition) is 3. The average molecular weight is 149 g/mol. The first-order chi connectivity index (χ1) is 3.80. The summed E-state index contributed by atoms with van der Waals surface area (Å²) in [5.41, 5.74) is 0. The van der Waals surface area contributed by atoms with E-state index in [1.165, 1.54) is 17.0 Å². The highest BCUT2D eigenvalue weighted by molar-refractivity contribution is 8.76. The Morgan fingerprint density at radius 3 is 2.88 bits per heavy atom. The third-order valence-corrected chi connectivity index (χ3v) is 3.11. The van der Waals surface area contributed by atoms with Crippen LogP contribution < -0.4 is 0 Å². The summed E-state index contributed by atoms with van der Waals surface area (Å²) in [4.78, 5) is 10.1. The molecule has 1 aliphatic rings. The maximum Gasteiger partial charge on any atom is 0.386 e. The van der Waals surface area contributed by atoms with E-state index in [0.29, 0.717) is 0 Å². The van der Waals surface area contributed by atoms with Gasteiger partial charge in [-0.05, 0) is 10.8 Å². The predicted octanol–water partition coefficient (Wildman–Crippen LogP) is 1.60. The fourth-order valence-corrected chi connectivity index (χ4v) is 1.97. The molecule has 0 saturated heterocycles. The highest BCUT2D eigenvalue weighted by Gasteiger charge is 2.07. The zero-order valence-electron chi connectivity index (χ0n) is 3.77. The summed E-state index contributed by atoms with van der Waals surface area (Å²) in [5, 5.41) is 9.10. The second kappa shape index (κ2) is 2.32. The Balaban J connectivity index is 2.64. The molecule has 1 rings (SSSR count).